The first-order valence-corrected chi connectivity index (χ1v) is 11.5. The summed E-state index contributed by atoms with van der Waals surface area (Å²) >= 11 is 12.5. The number of hydrogen-bond donors (Lipinski definition) is 2. The van der Waals surface area contributed by atoms with Crippen LogP contribution in [-0.2, 0) is 6.42 Å². The van der Waals surface area contributed by atoms with Gasteiger partial charge in [0.25, 0.3) is 0 Å². The fourth-order valence-corrected chi connectivity index (χ4v) is 4.15. The van der Waals surface area contributed by atoms with E-state index >= 15 is 0 Å². The number of nitrogens with one attached hydrogen (secondary N) is 1. The summed E-state index contributed by atoms with van der Waals surface area (Å²) in [5.41, 5.74) is 11.5. The molecule has 0 saturated heterocycles. The normalized spacial score (nSPS) is 12.1. The minimum absolute atomic E-state index is 0.102. The molecule has 9 heteroatoms. The smallest absolute Gasteiger partial charge is 0.210 e. The van der Waals surface area contributed by atoms with E-state index in [4.69, 9.17) is 33.9 Å². The van der Waals surface area contributed by atoms with Crippen LogP contribution >= 0.6 is 23.2 Å². The third-order valence-corrected chi connectivity index (χ3v) is 6.22. The molecule has 3 N–H and O–H groups in total. The van der Waals surface area contributed by atoms with Gasteiger partial charge in [-0.05, 0) is 41.8 Å². The second-order valence-electron chi connectivity index (χ2n) is 7.88. The average molecular weight is 490 g/mol. The van der Waals surface area contributed by atoms with Crippen LogP contribution in [0.2, 0.25) is 10.0 Å². The van der Waals surface area contributed by atoms with Crippen LogP contribution in [0.5, 0.6) is 0 Å². The van der Waals surface area contributed by atoms with Crippen LogP contribution in [-0.4, -0.2) is 37.2 Å². The summed E-state index contributed by atoms with van der Waals surface area (Å²) in [6.45, 7) is 0.525. The summed E-state index contributed by atoms with van der Waals surface area (Å²) in [6.07, 6.45) is 5.83. The molecule has 34 heavy (non-hydrogen) atoms. The van der Waals surface area contributed by atoms with E-state index in [1.54, 1.807) is 24.8 Å². The van der Waals surface area contributed by atoms with Crippen molar-refractivity contribution in [1.29, 1.82) is 0 Å². The van der Waals surface area contributed by atoms with Gasteiger partial charge in [-0.2, -0.15) is 0 Å². The second kappa shape index (κ2) is 9.77. The van der Waals surface area contributed by atoms with E-state index in [0.717, 1.165) is 28.8 Å². The minimum Gasteiger partial charge on any atom is -0.354 e. The van der Waals surface area contributed by atoms with Crippen LogP contribution < -0.4 is 11.1 Å². The Hall–Kier alpha value is -3.52. The van der Waals surface area contributed by atoms with Gasteiger partial charge in [-0.25, -0.2) is 4.98 Å². The molecule has 0 aliphatic rings. The van der Waals surface area contributed by atoms with Gasteiger partial charge in [0.15, 0.2) is 5.65 Å². The largest absolute Gasteiger partial charge is 0.354 e. The first-order chi connectivity index (χ1) is 16.6. The van der Waals surface area contributed by atoms with E-state index in [9.17, 15) is 0 Å². The molecule has 5 rings (SSSR count). The number of aromatic nitrogens is 5. The molecule has 5 aromatic rings. The summed E-state index contributed by atoms with van der Waals surface area (Å²) in [4.78, 5) is 9.10. The number of anilines is 1. The van der Waals surface area contributed by atoms with Crippen molar-refractivity contribution in [3.05, 3.63) is 95.0 Å². The summed E-state index contributed by atoms with van der Waals surface area (Å²) < 4.78 is 1.82. The molecule has 0 radical (unpaired) electrons. The van der Waals surface area contributed by atoms with Gasteiger partial charge in [0.2, 0.25) is 5.95 Å². The van der Waals surface area contributed by atoms with Crippen molar-refractivity contribution in [2.24, 2.45) is 5.73 Å². The third kappa shape index (κ3) is 4.59. The van der Waals surface area contributed by atoms with E-state index in [1.807, 2.05) is 46.9 Å². The number of halogens is 2. The van der Waals surface area contributed by atoms with Crippen molar-refractivity contribution in [3.63, 3.8) is 0 Å². The second-order valence-corrected chi connectivity index (χ2v) is 8.69. The molecular formula is C25H21Cl2N7. The molecule has 0 spiro atoms. The number of benzene rings is 2. The van der Waals surface area contributed by atoms with Crippen LogP contribution in [0.15, 0.2) is 79.4 Å². The fraction of sp³-hybridized carbons (Fsp3) is 0.120. The topological polar surface area (TPSA) is 94.0 Å². The highest BCUT2D eigenvalue weighted by Crippen LogP contribution is 2.37. The number of nitrogens with zero attached hydrogens (tertiary/aromatic N) is 5. The van der Waals surface area contributed by atoms with Gasteiger partial charge < -0.3 is 11.1 Å². The van der Waals surface area contributed by atoms with E-state index in [-0.39, 0.29) is 6.04 Å². The van der Waals surface area contributed by atoms with E-state index in [2.05, 4.69) is 32.6 Å². The molecule has 0 aliphatic carbocycles. The fourth-order valence-electron chi connectivity index (χ4n) is 3.85. The molecular weight excluding hydrogens is 469 g/mol. The highest BCUT2D eigenvalue weighted by Gasteiger charge is 2.20. The first-order valence-electron chi connectivity index (χ1n) is 10.7. The molecule has 2 aromatic carbocycles. The molecule has 7 nitrogen and oxygen atoms in total. The van der Waals surface area contributed by atoms with Crippen LogP contribution in [0.1, 0.15) is 5.56 Å². The van der Waals surface area contributed by atoms with Crippen molar-refractivity contribution >= 4 is 34.8 Å². The van der Waals surface area contributed by atoms with Gasteiger partial charge in [0.1, 0.15) is 6.33 Å². The van der Waals surface area contributed by atoms with Crippen molar-refractivity contribution in [2.45, 2.75) is 12.5 Å². The number of rotatable bonds is 7. The summed E-state index contributed by atoms with van der Waals surface area (Å²) in [7, 11) is 0. The molecule has 170 valence electrons. The van der Waals surface area contributed by atoms with E-state index < -0.39 is 0 Å². The lowest BCUT2D eigenvalue weighted by molar-refractivity contribution is 0.695. The number of fused-ring (bicyclic) bond motifs is 1. The Labute approximate surface area is 206 Å². The Morgan fingerprint density at radius 3 is 2.50 bits per heavy atom. The summed E-state index contributed by atoms with van der Waals surface area (Å²) in [6, 6.07) is 19.3. The van der Waals surface area contributed by atoms with Crippen LogP contribution in [0.4, 0.5) is 5.95 Å². The number of hydrogen-bond acceptors (Lipinski definition) is 6. The zero-order valence-corrected chi connectivity index (χ0v) is 19.6. The molecule has 0 saturated carbocycles. The lowest BCUT2D eigenvalue weighted by Gasteiger charge is -2.17. The lowest BCUT2D eigenvalue weighted by Crippen LogP contribution is -2.32. The van der Waals surface area contributed by atoms with Gasteiger partial charge in [-0.15, -0.1) is 10.2 Å². The zero-order chi connectivity index (χ0) is 23.5. The van der Waals surface area contributed by atoms with Gasteiger partial charge in [-0.1, -0.05) is 59.6 Å². The monoisotopic (exact) mass is 489 g/mol. The molecule has 3 heterocycles. The Balaban J connectivity index is 1.56. The molecule has 0 unspecified atom stereocenters. The standard InChI is InChI=1S/C25H21Cl2N7/c26-20-7-6-18(13-21(20)27)22-23(17-8-10-29-11-9-17)32-25(34-15-31-33-24(22)34)30-14-19(28)12-16-4-2-1-3-5-16/h1-11,13,15,19H,12,14,28H2,(H,30,32)/t19-/m0/s1. The summed E-state index contributed by atoms with van der Waals surface area (Å²) in [5.74, 6) is 0.596. The van der Waals surface area contributed by atoms with Crippen LogP contribution in [0.25, 0.3) is 28.0 Å². The Morgan fingerprint density at radius 1 is 0.941 bits per heavy atom. The first kappa shape index (κ1) is 22.3. The Bertz CT molecular complexity index is 1420. The maximum absolute atomic E-state index is 6.41. The molecule has 0 fully saturated rings. The maximum atomic E-state index is 6.41. The van der Waals surface area contributed by atoms with Crippen molar-refractivity contribution in [1.82, 2.24) is 24.6 Å². The highest BCUT2D eigenvalue weighted by atomic mass is 35.5. The number of pyridine rings is 1. The van der Waals surface area contributed by atoms with Crippen molar-refractivity contribution in [3.8, 4) is 22.4 Å². The van der Waals surface area contributed by atoms with Crippen molar-refractivity contribution < 1.29 is 0 Å². The SMILES string of the molecule is N[C@H](CNc1nc(-c2ccncc2)c(-c2ccc(Cl)c(Cl)c2)c2nncn12)Cc1ccccc1. The molecule has 0 bridgehead atoms. The van der Waals surface area contributed by atoms with Gasteiger partial charge in [0.05, 0.1) is 21.3 Å². The molecule has 0 aliphatic heterocycles. The maximum Gasteiger partial charge on any atom is 0.210 e. The van der Waals surface area contributed by atoms with Crippen molar-refractivity contribution in [2.75, 3.05) is 11.9 Å². The minimum atomic E-state index is -0.102. The molecule has 1 atom stereocenters. The van der Waals surface area contributed by atoms with Gasteiger partial charge in [0, 0.05) is 30.5 Å². The Kier molecular flexibility index (Phi) is 6.40. The zero-order valence-electron chi connectivity index (χ0n) is 18.1. The van der Waals surface area contributed by atoms with Crippen LogP contribution in [0.3, 0.4) is 0 Å². The number of nitrogens with two attached hydrogens (primary N) is 1. The molecule has 3 aromatic heterocycles. The van der Waals surface area contributed by atoms with Crippen LogP contribution in [0, 0.1) is 0 Å². The average Bonchev–Trinajstić information content (AvgIpc) is 3.35. The van der Waals surface area contributed by atoms with E-state index in [0.29, 0.717) is 28.2 Å². The molecule has 0 amide bonds. The quantitative estimate of drug-likeness (QED) is 0.328. The van der Waals surface area contributed by atoms with Gasteiger partial charge in [-0.3, -0.25) is 9.38 Å². The van der Waals surface area contributed by atoms with E-state index in [1.165, 1.54) is 5.56 Å². The highest BCUT2D eigenvalue weighted by molar-refractivity contribution is 6.42. The summed E-state index contributed by atoms with van der Waals surface area (Å²) in [5, 5.41) is 12.9. The lowest BCUT2D eigenvalue weighted by atomic mass is 10.0. The predicted octanol–water partition coefficient (Wildman–Crippen LogP) is 5.14. The predicted molar refractivity (Wildman–Crippen MR) is 136 cm³/mol. The van der Waals surface area contributed by atoms with Gasteiger partial charge >= 0.3 is 0 Å². The third-order valence-electron chi connectivity index (χ3n) is 5.48. The Morgan fingerprint density at radius 2 is 1.74 bits per heavy atom.